The van der Waals surface area contributed by atoms with Gasteiger partial charge in [0.15, 0.2) is 5.78 Å². The van der Waals surface area contributed by atoms with Gasteiger partial charge in [0.1, 0.15) is 5.75 Å². The molecule has 0 saturated carbocycles. The van der Waals surface area contributed by atoms with Crippen molar-refractivity contribution < 1.29 is 14.7 Å². The largest absolute Gasteiger partial charge is 0.507 e. The van der Waals surface area contributed by atoms with Crippen LogP contribution in [-0.4, -0.2) is 16.8 Å². The summed E-state index contributed by atoms with van der Waals surface area (Å²) in [6.07, 6.45) is 1.21. The molecule has 0 aliphatic rings. The number of ketones is 1. The van der Waals surface area contributed by atoms with Crippen LogP contribution in [0.3, 0.4) is 0 Å². The number of amides is 1. The van der Waals surface area contributed by atoms with Gasteiger partial charge < -0.3 is 10.4 Å². The molecule has 0 unspecified atom stereocenters. The molecule has 86 valence electrons. The molecule has 0 radical (unpaired) electrons. The Hall–Kier alpha value is -1.84. The summed E-state index contributed by atoms with van der Waals surface area (Å²) < 4.78 is 0. The SMILES string of the molecule is CCCC(=O)Nc1ccc(O)c(C(C)=O)c1. The van der Waals surface area contributed by atoms with Crippen LogP contribution in [0.15, 0.2) is 18.2 Å². The minimum atomic E-state index is -0.232. The van der Waals surface area contributed by atoms with Gasteiger partial charge in [0.2, 0.25) is 5.91 Å². The standard InChI is InChI=1S/C12H15NO3/c1-3-4-12(16)13-9-5-6-11(15)10(7-9)8(2)14/h5-7,15H,3-4H2,1-2H3,(H,13,16). The van der Waals surface area contributed by atoms with Crippen molar-refractivity contribution in [3.8, 4) is 5.75 Å². The Morgan fingerprint density at radius 2 is 2.06 bits per heavy atom. The fraction of sp³-hybridized carbons (Fsp3) is 0.333. The van der Waals surface area contributed by atoms with Gasteiger partial charge in [-0.05, 0) is 31.5 Å². The van der Waals surface area contributed by atoms with Crippen LogP contribution >= 0.6 is 0 Å². The Labute approximate surface area is 94.3 Å². The molecule has 0 aliphatic heterocycles. The van der Waals surface area contributed by atoms with Crippen LogP contribution in [0.25, 0.3) is 0 Å². The van der Waals surface area contributed by atoms with E-state index in [-0.39, 0.29) is 23.0 Å². The summed E-state index contributed by atoms with van der Waals surface area (Å²) in [5, 5.41) is 12.1. The molecule has 1 aromatic rings. The summed E-state index contributed by atoms with van der Waals surface area (Å²) in [4.78, 5) is 22.5. The molecule has 4 heteroatoms. The van der Waals surface area contributed by atoms with E-state index in [1.807, 2.05) is 6.92 Å². The molecule has 2 N–H and O–H groups in total. The first-order valence-electron chi connectivity index (χ1n) is 5.18. The quantitative estimate of drug-likeness (QED) is 0.605. The minimum absolute atomic E-state index is 0.0685. The van der Waals surface area contributed by atoms with Gasteiger partial charge >= 0.3 is 0 Å². The van der Waals surface area contributed by atoms with Crippen molar-refractivity contribution in [1.29, 1.82) is 0 Å². The first-order valence-corrected chi connectivity index (χ1v) is 5.18. The predicted octanol–water partition coefficient (Wildman–Crippen LogP) is 2.33. The second-order valence-electron chi connectivity index (χ2n) is 3.59. The Morgan fingerprint density at radius 3 is 2.62 bits per heavy atom. The second-order valence-corrected chi connectivity index (χ2v) is 3.59. The summed E-state index contributed by atoms with van der Waals surface area (Å²) in [6.45, 7) is 3.28. The van der Waals surface area contributed by atoms with E-state index in [9.17, 15) is 14.7 Å². The molecule has 0 bridgehead atoms. The second kappa shape index (κ2) is 5.30. The molecular formula is C12H15NO3. The van der Waals surface area contributed by atoms with Gasteiger partial charge in [-0.15, -0.1) is 0 Å². The molecule has 16 heavy (non-hydrogen) atoms. The fourth-order valence-electron chi connectivity index (χ4n) is 1.35. The normalized spacial score (nSPS) is 9.88. The Bertz CT molecular complexity index is 413. The maximum Gasteiger partial charge on any atom is 0.224 e. The lowest BCUT2D eigenvalue weighted by atomic mass is 10.1. The van der Waals surface area contributed by atoms with Crippen LogP contribution in [0.5, 0.6) is 5.75 Å². The van der Waals surface area contributed by atoms with E-state index in [1.165, 1.54) is 19.1 Å². The lowest BCUT2D eigenvalue weighted by molar-refractivity contribution is -0.116. The minimum Gasteiger partial charge on any atom is -0.507 e. The summed E-state index contributed by atoms with van der Waals surface area (Å²) in [5.74, 6) is -0.396. The third-order valence-electron chi connectivity index (χ3n) is 2.14. The van der Waals surface area contributed by atoms with E-state index >= 15 is 0 Å². The molecule has 0 heterocycles. The third kappa shape index (κ3) is 3.08. The van der Waals surface area contributed by atoms with E-state index in [4.69, 9.17) is 0 Å². The summed E-state index contributed by atoms with van der Waals surface area (Å²) in [7, 11) is 0. The number of nitrogens with one attached hydrogen (secondary N) is 1. The van der Waals surface area contributed by atoms with Gasteiger partial charge in [0.25, 0.3) is 0 Å². The number of hydrogen-bond donors (Lipinski definition) is 2. The van der Waals surface area contributed by atoms with Crippen molar-refractivity contribution in [3.63, 3.8) is 0 Å². The molecule has 1 aromatic carbocycles. The van der Waals surface area contributed by atoms with Crippen molar-refractivity contribution in [2.75, 3.05) is 5.32 Å². The van der Waals surface area contributed by atoms with Crippen molar-refractivity contribution in [2.24, 2.45) is 0 Å². The number of anilines is 1. The Balaban J connectivity index is 2.87. The molecule has 0 aliphatic carbocycles. The van der Waals surface area contributed by atoms with E-state index < -0.39 is 0 Å². The van der Waals surface area contributed by atoms with Crippen molar-refractivity contribution in [1.82, 2.24) is 0 Å². The Morgan fingerprint density at radius 1 is 1.38 bits per heavy atom. The average Bonchev–Trinajstić information content (AvgIpc) is 2.21. The Kier molecular flexibility index (Phi) is 4.05. The third-order valence-corrected chi connectivity index (χ3v) is 2.14. The monoisotopic (exact) mass is 221 g/mol. The lowest BCUT2D eigenvalue weighted by Crippen LogP contribution is -2.11. The van der Waals surface area contributed by atoms with E-state index in [0.29, 0.717) is 12.1 Å². The van der Waals surface area contributed by atoms with Crippen molar-refractivity contribution in [2.45, 2.75) is 26.7 Å². The van der Waals surface area contributed by atoms with E-state index in [2.05, 4.69) is 5.32 Å². The first kappa shape index (κ1) is 12.2. The number of benzene rings is 1. The number of aromatic hydroxyl groups is 1. The van der Waals surface area contributed by atoms with E-state index in [0.717, 1.165) is 6.42 Å². The van der Waals surface area contributed by atoms with Crippen molar-refractivity contribution in [3.05, 3.63) is 23.8 Å². The van der Waals surface area contributed by atoms with E-state index in [1.54, 1.807) is 6.07 Å². The topological polar surface area (TPSA) is 66.4 Å². The first-order chi connectivity index (χ1) is 7.54. The van der Waals surface area contributed by atoms with Crippen LogP contribution in [0.4, 0.5) is 5.69 Å². The number of rotatable bonds is 4. The molecule has 1 rings (SSSR count). The highest BCUT2D eigenvalue weighted by atomic mass is 16.3. The van der Waals surface area contributed by atoms with Gasteiger partial charge in [-0.3, -0.25) is 9.59 Å². The van der Waals surface area contributed by atoms with Crippen LogP contribution in [-0.2, 0) is 4.79 Å². The van der Waals surface area contributed by atoms with Gasteiger partial charge in [-0.1, -0.05) is 6.92 Å². The maximum absolute atomic E-state index is 11.3. The maximum atomic E-state index is 11.3. The number of phenols is 1. The molecule has 0 spiro atoms. The number of hydrogen-bond acceptors (Lipinski definition) is 3. The van der Waals surface area contributed by atoms with Crippen LogP contribution in [0, 0.1) is 0 Å². The molecule has 1 amide bonds. The molecule has 4 nitrogen and oxygen atoms in total. The number of carbonyl (C=O) groups is 2. The molecule has 0 atom stereocenters. The molecule has 0 fully saturated rings. The summed E-state index contributed by atoms with van der Waals surface area (Å²) >= 11 is 0. The van der Waals surface area contributed by atoms with Crippen LogP contribution < -0.4 is 5.32 Å². The molecule has 0 saturated heterocycles. The predicted molar refractivity (Wildman–Crippen MR) is 61.6 cm³/mol. The van der Waals surface area contributed by atoms with Crippen molar-refractivity contribution >= 4 is 17.4 Å². The zero-order valence-electron chi connectivity index (χ0n) is 9.41. The average molecular weight is 221 g/mol. The number of carbonyl (C=O) groups excluding carboxylic acids is 2. The molecular weight excluding hydrogens is 206 g/mol. The van der Waals surface area contributed by atoms with Gasteiger partial charge in [0.05, 0.1) is 5.56 Å². The summed E-state index contributed by atoms with van der Waals surface area (Å²) in [5.41, 5.74) is 0.746. The number of phenolic OH excluding ortho intramolecular Hbond substituents is 1. The number of Topliss-reactive ketones (excluding diaryl/α,β-unsaturated/α-hetero) is 1. The van der Waals surface area contributed by atoms with Crippen LogP contribution in [0.2, 0.25) is 0 Å². The highest BCUT2D eigenvalue weighted by Crippen LogP contribution is 2.21. The fourth-order valence-corrected chi connectivity index (χ4v) is 1.35. The van der Waals surface area contributed by atoms with Crippen LogP contribution in [0.1, 0.15) is 37.0 Å². The summed E-state index contributed by atoms with van der Waals surface area (Å²) in [6, 6.07) is 4.44. The highest BCUT2D eigenvalue weighted by Gasteiger charge is 2.08. The highest BCUT2D eigenvalue weighted by molar-refractivity contribution is 5.99. The van der Waals surface area contributed by atoms with Gasteiger partial charge in [-0.2, -0.15) is 0 Å². The zero-order chi connectivity index (χ0) is 12.1. The smallest absolute Gasteiger partial charge is 0.224 e. The molecule has 0 aromatic heterocycles. The van der Waals surface area contributed by atoms with Gasteiger partial charge in [0, 0.05) is 12.1 Å². The van der Waals surface area contributed by atoms with Gasteiger partial charge in [-0.25, -0.2) is 0 Å². The zero-order valence-corrected chi connectivity index (χ0v) is 9.41. The lowest BCUT2D eigenvalue weighted by Gasteiger charge is -2.07.